The van der Waals surface area contributed by atoms with Gasteiger partial charge in [0, 0.05) is 23.3 Å². The second kappa shape index (κ2) is 4.34. The Labute approximate surface area is 108 Å². The molecule has 0 radical (unpaired) electrons. The standard InChI is InChI=1S/C12H13BrN2S/c13-9-5-7-15(8-6-9)12-10-3-1-2-4-11(10)14-16-12/h1-4,9H,5-8H2. The summed E-state index contributed by atoms with van der Waals surface area (Å²) in [5, 5.41) is 2.65. The summed E-state index contributed by atoms with van der Waals surface area (Å²) < 4.78 is 4.50. The van der Waals surface area contributed by atoms with Crippen LogP contribution in [0.3, 0.4) is 0 Å². The van der Waals surface area contributed by atoms with Crippen molar-refractivity contribution in [2.75, 3.05) is 18.0 Å². The van der Waals surface area contributed by atoms with E-state index < -0.39 is 0 Å². The quantitative estimate of drug-likeness (QED) is 0.747. The Morgan fingerprint density at radius 2 is 2.00 bits per heavy atom. The van der Waals surface area contributed by atoms with Crippen molar-refractivity contribution in [1.82, 2.24) is 4.37 Å². The van der Waals surface area contributed by atoms with E-state index in [0.717, 1.165) is 18.6 Å². The lowest BCUT2D eigenvalue weighted by Crippen LogP contribution is -2.33. The first-order valence-electron chi connectivity index (χ1n) is 5.58. The summed E-state index contributed by atoms with van der Waals surface area (Å²) in [6.07, 6.45) is 2.46. The van der Waals surface area contributed by atoms with Crippen LogP contribution >= 0.6 is 27.5 Å². The lowest BCUT2D eigenvalue weighted by molar-refractivity contribution is 0.601. The van der Waals surface area contributed by atoms with Gasteiger partial charge in [-0.15, -0.1) is 0 Å². The number of aromatic nitrogens is 1. The molecule has 84 valence electrons. The number of fused-ring (bicyclic) bond motifs is 1. The summed E-state index contributed by atoms with van der Waals surface area (Å²) in [6.45, 7) is 2.28. The van der Waals surface area contributed by atoms with Crippen LogP contribution in [-0.2, 0) is 0 Å². The first kappa shape index (κ1) is 10.5. The first-order chi connectivity index (χ1) is 7.84. The van der Waals surface area contributed by atoms with Gasteiger partial charge in [-0.25, -0.2) is 0 Å². The number of alkyl halides is 1. The molecule has 4 heteroatoms. The molecule has 1 aromatic carbocycles. The molecule has 2 heterocycles. The van der Waals surface area contributed by atoms with Crippen molar-refractivity contribution in [3.05, 3.63) is 24.3 Å². The maximum absolute atomic E-state index is 4.50. The SMILES string of the molecule is BrC1CCN(c2snc3ccccc23)CC1. The van der Waals surface area contributed by atoms with Gasteiger partial charge in [-0.1, -0.05) is 28.1 Å². The molecule has 0 atom stereocenters. The minimum absolute atomic E-state index is 0.697. The van der Waals surface area contributed by atoms with Crippen LogP contribution in [0.1, 0.15) is 12.8 Å². The largest absolute Gasteiger partial charge is 0.362 e. The van der Waals surface area contributed by atoms with E-state index in [1.165, 1.54) is 23.2 Å². The Morgan fingerprint density at radius 1 is 1.25 bits per heavy atom. The molecule has 1 fully saturated rings. The van der Waals surface area contributed by atoms with E-state index in [2.05, 4.69) is 49.5 Å². The van der Waals surface area contributed by atoms with Gasteiger partial charge in [0.1, 0.15) is 5.00 Å². The third kappa shape index (κ3) is 1.84. The van der Waals surface area contributed by atoms with Crippen LogP contribution in [0, 0.1) is 0 Å². The summed E-state index contributed by atoms with van der Waals surface area (Å²) in [5.41, 5.74) is 1.13. The Bertz CT molecular complexity index is 488. The third-order valence-corrected chi connectivity index (χ3v) is 4.93. The zero-order valence-electron chi connectivity index (χ0n) is 8.90. The zero-order chi connectivity index (χ0) is 11.0. The number of hydrogen-bond acceptors (Lipinski definition) is 3. The van der Waals surface area contributed by atoms with Crippen molar-refractivity contribution in [2.45, 2.75) is 17.7 Å². The molecule has 1 aliphatic heterocycles. The predicted octanol–water partition coefficient (Wildman–Crippen LogP) is 3.66. The minimum Gasteiger partial charge on any atom is -0.362 e. The topological polar surface area (TPSA) is 16.1 Å². The highest BCUT2D eigenvalue weighted by molar-refractivity contribution is 9.09. The number of rotatable bonds is 1. The fraction of sp³-hybridized carbons (Fsp3) is 0.417. The maximum Gasteiger partial charge on any atom is 0.119 e. The lowest BCUT2D eigenvalue weighted by Gasteiger charge is -2.30. The molecule has 0 saturated carbocycles. The molecule has 1 saturated heterocycles. The van der Waals surface area contributed by atoms with Crippen molar-refractivity contribution in [3.63, 3.8) is 0 Å². The molecular weight excluding hydrogens is 284 g/mol. The molecule has 0 amide bonds. The van der Waals surface area contributed by atoms with Gasteiger partial charge in [0.25, 0.3) is 0 Å². The Balaban J connectivity index is 1.94. The molecule has 1 aliphatic rings. The van der Waals surface area contributed by atoms with Gasteiger partial charge >= 0.3 is 0 Å². The predicted molar refractivity (Wildman–Crippen MR) is 73.8 cm³/mol. The first-order valence-corrected chi connectivity index (χ1v) is 7.27. The molecular formula is C12H13BrN2S. The molecule has 0 spiro atoms. The fourth-order valence-corrected chi connectivity index (χ4v) is 3.48. The number of halogens is 1. The number of nitrogens with zero attached hydrogens (tertiary/aromatic N) is 2. The number of benzene rings is 1. The van der Waals surface area contributed by atoms with Crippen LogP contribution < -0.4 is 4.90 Å². The molecule has 1 aromatic heterocycles. The maximum atomic E-state index is 4.50. The second-order valence-electron chi connectivity index (χ2n) is 4.17. The Kier molecular flexibility index (Phi) is 2.86. The monoisotopic (exact) mass is 296 g/mol. The van der Waals surface area contributed by atoms with Crippen LogP contribution in [-0.4, -0.2) is 22.3 Å². The number of hydrogen-bond donors (Lipinski definition) is 0. The van der Waals surface area contributed by atoms with Gasteiger partial charge in [0.05, 0.1) is 5.52 Å². The molecule has 0 N–H and O–H groups in total. The minimum atomic E-state index is 0.697. The second-order valence-corrected chi connectivity index (χ2v) is 6.21. The van der Waals surface area contributed by atoms with Gasteiger partial charge in [-0.2, -0.15) is 4.37 Å². The van der Waals surface area contributed by atoms with E-state index >= 15 is 0 Å². The molecule has 2 nitrogen and oxygen atoms in total. The Hall–Kier alpha value is -0.610. The van der Waals surface area contributed by atoms with Gasteiger partial charge in [0.15, 0.2) is 0 Å². The number of piperidine rings is 1. The van der Waals surface area contributed by atoms with Crippen LogP contribution in [0.2, 0.25) is 0 Å². The van der Waals surface area contributed by atoms with Crippen molar-refractivity contribution in [1.29, 1.82) is 0 Å². The number of anilines is 1. The summed E-state index contributed by atoms with van der Waals surface area (Å²) >= 11 is 5.32. The normalized spacial score (nSPS) is 18.2. The summed E-state index contributed by atoms with van der Waals surface area (Å²) in [6, 6.07) is 8.41. The van der Waals surface area contributed by atoms with Gasteiger partial charge in [-0.3, -0.25) is 0 Å². The van der Waals surface area contributed by atoms with E-state index in [1.54, 1.807) is 11.5 Å². The average molecular weight is 297 g/mol. The molecule has 2 aromatic rings. The Morgan fingerprint density at radius 3 is 2.81 bits per heavy atom. The molecule has 16 heavy (non-hydrogen) atoms. The molecule has 0 aliphatic carbocycles. The third-order valence-electron chi connectivity index (χ3n) is 3.08. The van der Waals surface area contributed by atoms with Crippen LogP contribution in [0.15, 0.2) is 24.3 Å². The van der Waals surface area contributed by atoms with E-state index in [0.29, 0.717) is 4.83 Å². The van der Waals surface area contributed by atoms with E-state index in [4.69, 9.17) is 0 Å². The van der Waals surface area contributed by atoms with Crippen LogP contribution in [0.4, 0.5) is 5.00 Å². The van der Waals surface area contributed by atoms with Crippen LogP contribution in [0.25, 0.3) is 10.9 Å². The molecule has 0 bridgehead atoms. The van der Waals surface area contributed by atoms with Crippen molar-refractivity contribution >= 4 is 43.4 Å². The van der Waals surface area contributed by atoms with Crippen LogP contribution in [0.5, 0.6) is 0 Å². The van der Waals surface area contributed by atoms with Gasteiger partial charge < -0.3 is 4.90 Å². The molecule has 3 rings (SSSR count). The van der Waals surface area contributed by atoms with Gasteiger partial charge in [-0.05, 0) is 36.5 Å². The lowest BCUT2D eigenvalue weighted by atomic mass is 10.1. The van der Waals surface area contributed by atoms with Crippen molar-refractivity contribution < 1.29 is 0 Å². The van der Waals surface area contributed by atoms with Gasteiger partial charge in [0.2, 0.25) is 0 Å². The highest BCUT2D eigenvalue weighted by atomic mass is 79.9. The van der Waals surface area contributed by atoms with E-state index in [9.17, 15) is 0 Å². The fourth-order valence-electron chi connectivity index (χ4n) is 2.15. The van der Waals surface area contributed by atoms with Crippen molar-refractivity contribution in [3.8, 4) is 0 Å². The van der Waals surface area contributed by atoms with E-state index in [-0.39, 0.29) is 0 Å². The molecule has 0 unspecified atom stereocenters. The summed E-state index contributed by atoms with van der Waals surface area (Å²) in [7, 11) is 0. The average Bonchev–Trinajstić information content (AvgIpc) is 2.74. The summed E-state index contributed by atoms with van der Waals surface area (Å²) in [4.78, 5) is 3.17. The highest BCUT2D eigenvalue weighted by Crippen LogP contribution is 2.33. The van der Waals surface area contributed by atoms with Crippen molar-refractivity contribution in [2.24, 2.45) is 0 Å². The highest BCUT2D eigenvalue weighted by Gasteiger charge is 2.20. The zero-order valence-corrected chi connectivity index (χ0v) is 11.3. The van der Waals surface area contributed by atoms with E-state index in [1.807, 2.05) is 0 Å². The summed E-state index contributed by atoms with van der Waals surface area (Å²) in [5.74, 6) is 0. The smallest absolute Gasteiger partial charge is 0.119 e.